The monoisotopic (exact) mass is 431 g/mol. The highest BCUT2D eigenvalue weighted by atomic mass is 79.9. The largest absolute Gasteiger partial charge is 0.494 e. The molecule has 1 heterocycles. The zero-order chi connectivity index (χ0) is 17.9. The molecule has 2 aromatic rings. The number of carbonyl (C=O) groups is 1. The molecule has 0 spiro atoms. The van der Waals surface area contributed by atoms with Crippen LogP contribution in [0.15, 0.2) is 48.5 Å². The number of carbonyl (C=O) groups excluding carboxylic acids is 1. The van der Waals surface area contributed by atoms with E-state index in [1.165, 1.54) is 11.1 Å². The number of halogens is 1. The van der Waals surface area contributed by atoms with E-state index in [0.717, 1.165) is 37.2 Å². The van der Waals surface area contributed by atoms with Gasteiger partial charge in [0, 0.05) is 19.0 Å². The average molecular weight is 432 g/mol. The van der Waals surface area contributed by atoms with Crippen LogP contribution in [-0.4, -0.2) is 30.7 Å². The lowest BCUT2D eigenvalue weighted by Gasteiger charge is -2.28. The van der Waals surface area contributed by atoms with E-state index in [1.54, 1.807) is 0 Å². The average Bonchev–Trinajstić information content (AvgIpc) is 3.12. The van der Waals surface area contributed by atoms with Crippen molar-refractivity contribution in [2.75, 3.05) is 19.7 Å². The first-order chi connectivity index (χ1) is 12.8. The van der Waals surface area contributed by atoms with Crippen molar-refractivity contribution in [1.82, 2.24) is 4.90 Å². The van der Waals surface area contributed by atoms with Crippen LogP contribution in [0.25, 0.3) is 0 Å². The molecule has 0 bridgehead atoms. The number of nitrogens with zero attached hydrogens (tertiary/aromatic N) is 1. The van der Waals surface area contributed by atoms with E-state index >= 15 is 0 Å². The molecule has 1 amide bonds. The highest BCUT2D eigenvalue weighted by Crippen LogP contribution is 2.44. The molecule has 0 radical (unpaired) electrons. The van der Waals surface area contributed by atoms with Gasteiger partial charge in [0.05, 0.1) is 6.61 Å². The van der Waals surface area contributed by atoms with Crippen LogP contribution < -0.4 is 4.74 Å². The van der Waals surface area contributed by atoms with Gasteiger partial charge in [-0.05, 0) is 48.4 Å². The third-order valence-electron chi connectivity index (χ3n) is 5.54. The van der Waals surface area contributed by atoms with Crippen molar-refractivity contribution in [3.63, 3.8) is 0 Å². The minimum Gasteiger partial charge on any atom is -0.494 e. The first-order valence-electron chi connectivity index (χ1n) is 9.46. The maximum absolute atomic E-state index is 12.5. The highest BCUT2D eigenvalue weighted by Gasteiger charge is 2.40. The number of fused-ring (bicyclic) bond motifs is 3. The molecule has 1 saturated heterocycles. The Morgan fingerprint density at radius 1 is 1.11 bits per heavy atom. The summed E-state index contributed by atoms with van der Waals surface area (Å²) in [4.78, 5) is 14.4. The molecule has 2 aromatic carbocycles. The van der Waals surface area contributed by atoms with Crippen LogP contribution in [0.1, 0.15) is 36.0 Å². The summed E-state index contributed by atoms with van der Waals surface area (Å²) in [7, 11) is 0. The lowest BCUT2D eigenvalue weighted by atomic mass is 9.77. The Kier molecular flexibility index (Phi) is 6.42. The van der Waals surface area contributed by atoms with Crippen LogP contribution in [0.3, 0.4) is 0 Å². The van der Waals surface area contributed by atoms with Crippen LogP contribution >= 0.6 is 17.0 Å². The summed E-state index contributed by atoms with van der Waals surface area (Å²) in [6.45, 7) is 4.56. The molecule has 0 saturated carbocycles. The van der Waals surface area contributed by atoms with E-state index in [1.807, 2.05) is 42.2 Å². The van der Waals surface area contributed by atoms with Crippen LogP contribution in [-0.2, 0) is 17.8 Å². The minimum atomic E-state index is -0.203. The molecule has 4 rings (SSSR count). The lowest BCUT2D eigenvalue weighted by Crippen LogP contribution is -2.29. The normalized spacial score (nSPS) is 20.3. The molecule has 144 valence electrons. The quantitative estimate of drug-likeness (QED) is 0.686. The zero-order valence-corrected chi connectivity index (χ0v) is 17.3. The molecule has 0 N–H and O–H groups in total. The summed E-state index contributed by atoms with van der Waals surface area (Å²) < 4.78 is 11.3. The molecule has 2 aliphatic rings. The summed E-state index contributed by atoms with van der Waals surface area (Å²) in [5.41, 5.74) is 3.70. The second kappa shape index (κ2) is 8.79. The molecular weight excluding hydrogens is 406 g/mol. The maximum Gasteiger partial charge on any atom is 0.410 e. The van der Waals surface area contributed by atoms with Gasteiger partial charge in [-0.3, -0.25) is 0 Å². The number of hydrogen-bond donors (Lipinski definition) is 0. The Bertz CT molecular complexity index is 780. The number of amides is 1. The van der Waals surface area contributed by atoms with E-state index in [2.05, 4.69) is 18.2 Å². The van der Waals surface area contributed by atoms with Crippen molar-refractivity contribution >= 4 is 23.1 Å². The summed E-state index contributed by atoms with van der Waals surface area (Å²) in [6, 6.07) is 16.2. The number of ether oxygens (including phenoxy) is 2. The van der Waals surface area contributed by atoms with Crippen LogP contribution in [0.2, 0.25) is 0 Å². The van der Waals surface area contributed by atoms with E-state index in [9.17, 15) is 4.79 Å². The first-order valence-corrected chi connectivity index (χ1v) is 9.46. The molecule has 4 nitrogen and oxygen atoms in total. The van der Waals surface area contributed by atoms with Gasteiger partial charge in [0.1, 0.15) is 12.4 Å². The van der Waals surface area contributed by atoms with Gasteiger partial charge in [0.2, 0.25) is 0 Å². The molecule has 2 atom stereocenters. The maximum atomic E-state index is 12.5. The van der Waals surface area contributed by atoms with Crippen molar-refractivity contribution in [2.45, 2.75) is 32.3 Å². The van der Waals surface area contributed by atoms with Gasteiger partial charge in [-0.2, -0.15) is 0 Å². The van der Waals surface area contributed by atoms with Crippen molar-refractivity contribution < 1.29 is 14.3 Å². The van der Waals surface area contributed by atoms with E-state index in [0.29, 0.717) is 25.0 Å². The summed E-state index contributed by atoms with van der Waals surface area (Å²) in [5.74, 6) is 1.92. The molecule has 1 aliphatic carbocycles. The number of hydrogen-bond acceptors (Lipinski definition) is 3. The van der Waals surface area contributed by atoms with Crippen LogP contribution in [0, 0.1) is 5.92 Å². The predicted molar refractivity (Wildman–Crippen MR) is 111 cm³/mol. The van der Waals surface area contributed by atoms with Gasteiger partial charge >= 0.3 is 6.09 Å². The molecule has 27 heavy (non-hydrogen) atoms. The highest BCUT2D eigenvalue weighted by molar-refractivity contribution is 8.93. The molecule has 0 unspecified atom stereocenters. The topological polar surface area (TPSA) is 38.8 Å². The summed E-state index contributed by atoms with van der Waals surface area (Å²) in [5, 5.41) is 0. The number of rotatable bonds is 4. The molecule has 0 aromatic heterocycles. The Morgan fingerprint density at radius 2 is 1.93 bits per heavy atom. The van der Waals surface area contributed by atoms with Gasteiger partial charge in [-0.15, -0.1) is 17.0 Å². The Balaban J connectivity index is 0.00000210. The SMILES string of the molecule is Br.CCOc1cccc2c1CC[C@H]1CN(C(=O)OCc3ccccc3)C[C@@H]21. The Labute approximate surface area is 171 Å². The van der Waals surface area contributed by atoms with Crippen molar-refractivity contribution in [2.24, 2.45) is 5.92 Å². The van der Waals surface area contributed by atoms with E-state index in [4.69, 9.17) is 9.47 Å². The fourth-order valence-corrected chi connectivity index (χ4v) is 4.29. The van der Waals surface area contributed by atoms with Gasteiger partial charge in [0.25, 0.3) is 0 Å². The standard InChI is InChI=1S/C22H25NO3.BrH/c1-2-25-21-10-6-9-18-19(21)12-11-17-13-23(14-20(17)18)22(24)26-15-16-7-4-3-5-8-16;/h3-10,17,20H,2,11-15H2,1H3;1H/t17-,20+;/m0./s1. The van der Waals surface area contributed by atoms with Crippen LogP contribution in [0.4, 0.5) is 4.79 Å². The van der Waals surface area contributed by atoms with E-state index < -0.39 is 0 Å². The van der Waals surface area contributed by atoms with Gasteiger partial charge in [-0.1, -0.05) is 42.5 Å². The molecule has 1 fully saturated rings. The number of benzene rings is 2. The fraction of sp³-hybridized carbons (Fsp3) is 0.409. The van der Waals surface area contributed by atoms with Gasteiger partial charge in [0.15, 0.2) is 0 Å². The first kappa shape index (κ1) is 19.7. The van der Waals surface area contributed by atoms with Gasteiger partial charge < -0.3 is 14.4 Å². The van der Waals surface area contributed by atoms with Crippen molar-refractivity contribution in [1.29, 1.82) is 0 Å². The third kappa shape index (κ3) is 4.13. The van der Waals surface area contributed by atoms with E-state index in [-0.39, 0.29) is 23.1 Å². The Morgan fingerprint density at radius 3 is 2.70 bits per heavy atom. The smallest absolute Gasteiger partial charge is 0.410 e. The molecule has 1 aliphatic heterocycles. The summed E-state index contributed by atoms with van der Waals surface area (Å²) in [6.07, 6.45) is 1.93. The van der Waals surface area contributed by atoms with Crippen molar-refractivity contribution in [3.8, 4) is 5.75 Å². The predicted octanol–water partition coefficient (Wildman–Crippen LogP) is 4.96. The van der Waals surface area contributed by atoms with Crippen molar-refractivity contribution in [3.05, 3.63) is 65.2 Å². The van der Waals surface area contributed by atoms with Gasteiger partial charge in [-0.25, -0.2) is 4.79 Å². The third-order valence-corrected chi connectivity index (χ3v) is 5.54. The van der Waals surface area contributed by atoms with Crippen LogP contribution in [0.5, 0.6) is 5.75 Å². The zero-order valence-electron chi connectivity index (χ0n) is 15.6. The lowest BCUT2D eigenvalue weighted by molar-refractivity contribution is 0.103. The molecular formula is C22H26BrNO3. The Hall–Kier alpha value is -2.01. The molecule has 5 heteroatoms. The second-order valence-electron chi connectivity index (χ2n) is 7.11. The second-order valence-corrected chi connectivity index (χ2v) is 7.11. The minimum absolute atomic E-state index is 0. The summed E-state index contributed by atoms with van der Waals surface area (Å²) >= 11 is 0. The number of likely N-dealkylation sites (tertiary alicyclic amines) is 1. The fourth-order valence-electron chi connectivity index (χ4n) is 4.29.